The number of rotatable bonds is 0. The van der Waals surface area contributed by atoms with E-state index in [0.29, 0.717) is 11.6 Å². The van der Waals surface area contributed by atoms with E-state index in [4.69, 9.17) is 10.5 Å². The van der Waals surface area contributed by atoms with E-state index in [9.17, 15) is 0 Å². The van der Waals surface area contributed by atoms with Gasteiger partial charge in [-0.05, 0) is 12.8 Å². The molecule has 6 heteroatoms. The van der Waals surface area contributed by atoms with Gasteiger partial charge in [0.2, 0.25) is 5.95 Å². The smallest absolute Gasteiger partial charge is 0.224 e. The lowest BCUT2D eigenvalue weighted by molar-refractivity contribution is 0.198. The minimum absolute atomic E-state index is 0.356. The SMILES string of the molecule is C1CCOC1.Nc1ncnc2ccnn12. The number of hydrogen-bond acceptors (Lipinski definition) is 5. The largest absolute Gasteiger partial charge is 0.381 e. The highest BCUT2D eigenvalue weighted by Gasteiger charge is 1.96. The number of hydrogen-bond donors (Lipinski definition) is 1. The summed E-state index contributed by atoms with van der Waals surface area (Å²) in [6, 6.07) is 1.76. The topological polar surface area (TPSA) is 78.3 Å². The maximum Gasteiger partial charge on any atom is 0.224 e. The van der Waals surface area contributed by atoms with Crippen molar-refractivity contribution in [2.24, 2.45) is 0 Å². The molecule has 0 saturated carbocycles. The van der Waals surface area contributed by atoms with Crippen molar-refractivity contribution in [2.75, 3.05) is 18.9 Å². The van der Waals surface area contributed by atoms with Gasteiger partial charge in [-0.1, -0.05) is 0 Å². The van der Waals surface area contributed by atoms with Crippen molar-refractivity contribution in [1.29, 1.82) is 0 Å². The van der Waals surface area contributed by atoms with E-state index in [-0.39, 0.29) is 0 Å². The van der Waals surface area contributed by atoms with E-state index in [2.05, 4.69) is 15.1 Å². The molecule has 80 valence electrons. The lowest BCUT2D eigenvalue weighted by atomic mass is 10.4. The molecule has 0 amide bonds. The normalized spacial score (nSPS) is 14.9. The number of nitrogen functional groups attached to an aromatic ring is 1. The molecule has 0 aromatic carbocycles. The maximum atomic E-state index is 5.45. The lowest BCUT2D eigenvalue weighted by Gasteiger charge is -1.92. The molecule has 2 aromatic rings. The van der Waals surface area contributed by atoms with Gasteiger partial charge < -0.3 is 10.5 Å². The average molecular weight is 207 g/mol. The quantitative estimate of drug-likeness (QED) is 0.680. The molecule has 0 bridgehead atoms. The maximum absolute atomic E-state index is 5.45. The highest BCUT2D eigenvalue weighted by atomic mass is 16.5. The lowest BCUT2D eigenvalue weighted by Crippen LogP contribution is -2.01. The summed E-state index contributed by atoms with van der Waals surface area (Å²) in [5, 5.41) is 3.88. The van der Waals surface area contributed by atoms with Crippen molar-refractivity contribution >= 4 is 11.6 Å². The third-order valence-electron chi connectivity index (χ3n) is 2.05. The number of nitrogens with zero attached hydrogens (tertiary/aromatic N) is 4. The Morgan fingerprint density at radius 1 is 1.27 bits per heavy atom. The van der Waals surface area contributed by atoms with Gasteiger partial charge in [0, 0.05) is 19.3 Å². The molecule has 2 aromatic heterocycles. The first-order valence-electron chi connectivity index (χ1n) is 4.86. The molecule has 1 fully saturated rings. The van der Waals surface area contributed by atoms with Crippen LogP contribution < -0.4 is 5.73 Å². The van der Waals surface area contributed by atoms with E-state index in [0.717, 1.165) is 13.2 Å². The van der Waals surface area contributed by atoms with Crippen molar-refractivity contribution in [3.63, 3.8) is 0 Å². The zero-order valence-corrected chi connectivity index (χ0v) is 8.33. The molecule has 0 aliphatic carbocycles. The second-order valence-electron chi connectivity index (χ2n) is 3.15. The molecule has 0 unspecified atom stereocenters. The Morgan fingerprint density at radius 3 is 2.67 bits per heavy atom. The molecule has 6 nitrogen and oxygen atoms in total. The fourth-order valence-electron chi connectivity index (χ4n) is 1.28. The highest BCUT2D eigenvalue weighted by molar-refractivity contribution is 5.39. The van der Waals surface area contributed by atoms with Crippen LogP contribution in [-0.4, -0.2) is 32.8 Å². The Bertz CT molecular complexity index is 416. The van der Waals surface area contributed by atoms with Gasteiger partial charge in [-0.2, -0.15) is 9.61 Å². The van der Waals surface area contributed by atoms with Gasteiger partial charge in [0.05, 0.1) is 6.20 Å². The van der Waals surface area contributed by atoms with E-state index >= 15 is 0 Å². The fraction of sp³-hybridized carbons (Fsp3) is 0.444. The molecule has 1 aliphatic heterocycles. The van der Waals surface area contributed by atoms with Crippen LogP contribution in [-0.2, 0) is 4.74 Å². The van der Waals surface area contributed by atoms with Gasteiger partial charge in [-0.25, -0.2) is 9.97 Å². The Morgan fingerprint density at radius 2 is 2.07 bits per heavy atom. The van der Waals surface area contributed by atoms with Crippen LogP contribution in [0.3, 0.4) is 0 Å². The molecule has 1 saturated heterocycles. The Kier molecular flexibility index (Phi) is 3.08. The first-order chi connectivity index (χ1) is 7.38. The Labute approximate surface area is 87.1 Å². The van der Waals surface area contributed by atoms with Crippen LogP contribution >= 0.6 is 0 Å². The molecule has 3 heterocycles. The molecule has 0 atom stereocenters. The van der Waals surface area contributed by atoms with Gasteiger partial charge in [0.15, 0.2) is 5.65 Å². The van der Waals surface area contributed by atoms with Crippen molar-refractivity contribution in [3.8, 4) is 0 Å². The standard InChI is InChI=1S/C5H5N5.C4H8O/c6-5-8-3-7-4-1-2-9-10(4)5;1-2-4-5-3-1/h1-3H,(H2,6,7,8);1-4H2. The predicted molar refractivity (Wildman–Crippen MR) is 55.2 cm³/mol. The summed E-state index contributed by atoms with van der Waals surface area (Å²) < 4.78 is 6.42. The summed E-state index contributed by atoms with van der Waals surface area (Å²) in [5.41, 5.74) is 6.17. The summed E-state index contributed by atoms with van der Waals surface area (Å²) >= 11 is 0. The second-order valence-corrected chi connectivity index (χ2v) is 3.15. The Hall–Kier alpha value is -1.69. The van der Waals surface area contributed by atoms with Crippen LogP contribution in [0.25, 0.3) is 5.65 Å². The number of aromatic nitrogens is 4. The summed E-state index contributed by atoms with van der Waals surface area (Å²) in [6.07, 6.45) is 5.59. The molecule has 15 heavy (non-hydrogen) atoms. The van der Waals surface area contributed by atoms with Crippen LogP contribution in [0.15, 0.2) is 18.6 Å². The van der Waals surface area contributed by atoms with Crippen LogP contribution in [0.4, 0.5) is 5.95 Å². The molecule has 2 N–H and O–H groups in total. The van der Waals surface area contributed by atoms with Crippen LogP contribution in [0.2, 0.25) is 0 Å². The minimum atomic E-state index is 0.356. The number of fused-ring (bicyclic) bond motifs is 1. The van der Waals surface area contributed by atoms with Gasteiger partial charge in [0.1, 0.15) is 6.33 Å². The van der Waals surface area contributed by atoms with Crippen molar-refractivity contribution in [1.82, 2.24) is 19.6 Å². The number of anilines is 1. The summed E-state index contributed by atoms with van der Waals surface area (Å²) in [7, 11) is 0. The first-order valence-corrected chi connectivity index (χ1v) is 4.86. The monoisotopic (exact) mass is 207 g/mol. The highest BCUT2D eigenvalue weighted by Crippen LogP contribution is 1.99. The molecule has 1 aliphatic rings. The van der Waals surface area contributed by atoms with E-state index < -0.39 is 0 Å². The molecule has 0 spiro atoms. The summed E-state index contributed by atoms with van der Waals surface area (Å²) in [5.74, 6) is 0.356. The van der Waals surface area contributed by atoms with E-state index in [1.54, 1.807) is 12.3 Å². The first kappa shape index (κ1) is 9.85. The average Bonchev–Trinajstić information content (AvgIpc) is 2.93. The van der Waals surface area contributed by atoms with Gasteiger partial charge >= 0.3 is 0 Å². The molecular weight excluding hydrogens is 194 g/mol. The zero-order chi connectivity index (χ0) is 10.5. The van der Waals surface area contributed by atoms with Crippen molar-refractivity contribution < 1.29 is 4.74 Å². The van der Waals surface area contributed by atoms with Gasteiger partial charge in [0.25, 0.3) is 0 Å². The number of nitrogens with two attached hydrogens (primary N) is 1. The van der Waals surface area contributed by atoms with Crippen LogP contribution in [0, 0.1) is 0 Å². The molecule has 3 rings (SSSR count). The fourth-order valence-corrected chi connectivity index (χ4v) is 1.28. The second kappa shape index (κ2) is 4.70. The van der Waals surface area contributed by atoms with Crippen LogP contribution in [0.5, 0.6) is 0 Å². The summed E-state index contributed by atoms with van der Waals surface area (Å²) in [4.78, 5) is 7.66. The van der Waals surface area contributed by atoms with Crippen molar-refractivity contribution in [2.45, 2.75) is 12.8 Å². The van der Waals surface area contributed by atoms with Gasteiger partial charge in [-0.3, -0.25) is 0 Å². The summed E-state index contributed by atoms with van der Waals surface area (Å²) in [6.45, 7) is 2.00. The molecular formula is C9H13N5O. The zero-order valence-electron chi connectivity index (χ0n) is 8.33. The molecule has 0 radical (unpaired) electrons. The van der Waals surface area contributed by atoms with E-state index in [1.165, 1.54) is 23.7 Å². The minimum Gasteiger partial charge on any atom is -0.381 e. The van der Waals surface area contributed by atoms with Crippen LogP contribution in [0.1, 0.15) is 12.8 Å². The van der Waals surface area contributed by atoms with Gasteiger partial charge in [-0.15, -0.1) is 0 Å². The van der Waals surface area contributed by atoms with E-state index in [1.807, 2.05) is 0 Å². The predicted octanol–water partition coefficient (Wildman–Crippen LogP) is 0.503. The Balaban J connectivity index is 0.000000144. The van der Waals surface area contributed by atoms with Crippen molar-refractivity contribution in [3.05, 3.63) is 18.6 Å². The third kappa shape index (κ3) is 2.41. The number of ether oxygens (including phenoxy) is 1. The third-order valence-corrected chi connectivity index (χ3v) is 2.05.